The highest BCUT2D eigenvalue weighted by Crippen LogP contribution is 2.31. The van der Waals surface area contributed by atoms with Gasteiger partial charge in [-0.15, -0.1) is 0 Å². The fraction of sp³-hybridized carbons (Fsp3) is 0.308. The van der Waals surface area contributed by atoms with Gasteiger partial charge in [0.2, 0.25) is 5.67 Å². The largest absolute Gasteiger partial charge is 0.367 e. The van der Waals surface area contributed by atoms with Crippen LogP contribution in [0.15, 0.2) is 30.6 Å². The van der Waals surface area contributed by atoms with E-state index in [1.54, 1.807) is 4.90 Å². The van der Waals surface area contributed by atoms with E-state index in [0.29, 0.717) is 12.4 Å². The normalized spacial score (nSPS) is 22.9. The van der Waals surface area contributed by atoms with Gasteiger partial charge < -0.3 is 10.6 Å². The van der Waals surface area contributed by atoms with Crippen molar-refractivity contribution in [3.63, 3.8) is 0 Å². The second-order valence-corrected chi connectivity index (χ2v) is 4.72. The molecule has 1 fully saturated rings. The zero-order chi connectivity index (χ0) is 13.5. The number of carbonyl (C=O) groups is 1. The van der Waals surface area contributed by atoms with Crippen LogP contribution < -0.4 is 10.6 Å². The predicted octanol–water partition coefficient (Wildman–Crippen LogP) is 1.03. The van der Waals surface area contributed by atoms with E-state index in [1.807, 2.05) is 24.3 Å². The average molecular weight is 260 g/mol. The number of para-hydroxylation sites is 1. The number of hydrogen-bond donors (Lipinski definition) is 1. The van der Waals surface area contributed by atoms with Crippen LogP contribution in [-0.2, 0) is 4.79 Å². The quantitative estimate of drug-likeness (QED) is 0.875. The van der Waals surface area contributed by atoms with Gasteiger partial charge in [0.05, 0.1) is 12.1 Å². The van der Waals surface area contributed by atoms with E-state index in [1.165, 1.54) is 6.33 Å². The summed E-state index contributed by atoms with van der Waals surface area (Å²) in [6, 6.07) is 7.51. The molecule has 1 unspecified atom stereocenters. The number of carbonyl (C=O) groups excluding carboxylic acids is 1. The highest BCUT2D eigenvalue weighted by Gasteiger charge is 2.44. The summed E-state index contributed by atoms with van der Waals surface area (Å²) in [4.78, 5) is 21.3. The zero-order valence-corrected chi connectivity index (χ0v) is 10.2. The van der Waals surface area contributed by atoms with Crippen molar-refractivity contribution in [2.24, 2.45) is 5.73 Å². The molecule has 3 rings (SSSR count). The molecule has 98 valence electrons. The van der Waals surface area contributed by atoms with Gasteiger partial charge in [0, 0.05) is 18.4 Å². The number of aromatic nitrogens is 2. The molecule has 1 aromatic carbocycles. The number of rotatable bonds is 2. The van der Waals surface area contributed by atoms with Gasteiger partial charge in [-0.05, 0) is 12.1 Å². The molecule has 1 aromatic heterocycles. The van der Waals surface area contributed by atoms with Crippen molar-refractivity contribution in [3.05, 3.63) is 30.6 Å². The third-order valence-corrected chi connectivity index (χ3v) is 3.48. The minimum absolute atomic E-state index is 0.0522. The van der Waals surface area contributed by atoms with Crippen LogP contribution in [0.5, 0.6) is 0 Å². The van der Waals surface area contributed by atoms with Gasteiger partial charge in [0.15, 0.2) is 0 Å². The summed E-state index contributed by atoms with van der Waals surface area (Å²) in [7, 11) is 0. The molecule has 5 nitrogen and oxygen atoms in total. The molecule has 1 aliphatic rings. The van der Waals surface area contributed by atoms with E-state index in [9.17, 15) is 9.18 Å². The van der Waals surface area contributed by atoms with E-state index in [-0.39, 0.29) is 13.0 Å². The minimum Gasteiger partial charge on any atom is -0.367 e. The Hall–Kier alpha value is -2.24. The highest BCUT2D eigenvalue weighted by atomic mass is 19.1. The van der Waals surface area contributed by atoms with Crippen LogP contribution in [0.1, 0.15) is 6.42 Å². The standard InChI is InChI=1S/C13H13FN4O/c14-13(12(15)19)5-6-18(7-13)11-9-3-1-2-4-10(9)16-8-17-11/h1-4,8H,5-7H2,(H2,15,19). The van der Waals surface area contributed by atoms with Gasteiger partial charge in [0.1, 0.15) is 12.1 Å². The van der Waals surface area contributed by atoms with Gasteiger partial charge in [0.25, 0.3) is 5.91 Å². The van der Waals surface area contributed by atoms with E-state index in [2.05, 4.69) is 9.97 Å². The van der Waals surface area contributed by atoms with Crippen LogP contribution in [0.25, 0.3) is 10.9 Å². The zero-order valence-electron chi connectivity index (χ0n) is 10.2. The Morgan fingerprint density at radius 3 is 2.89 bits per heavy atom. The summed E-state index contributed by atoms with van der Waals surface area (Å²) in [5, 5.41) is 0.846. The lowest BCUT2D eigenvalue weighted by atomic mass is 10.1. The predicted molar refractivity (Wildman–Crippen MR) is 69.4 cm³/mol. The monoisotopic (exact) mass is 260 g/mol. The maximum Gasteiger partial charge on any atom is 0.257 e. The maximum atomic E-state index is 14.2. The lowest BCUT2D eigenvalue weighted by molar-refractivity contribution is -0.128. The summed E-state index contributed by atoms with van der Waals surface area (Å²) >= 11 is 0. The number of anilines is 1. The number of halogens is 1. The first-order valence-corrected chi connectivity index (χ1v) is 6.04. The van der Waals surface area contributed by atoms with E-state index in [0.717, 1.165) is 10.9 Å². The van der Waals surface area contributed by atoms with Crippen molar-refractivity contribution in [3.8, 4) is 0 Å². The van der Waals surface area contributed by atoms with E-state index >= 15 is 0 Å². The molecule has 0 spiro atoms. The molecular weight excluding hydrogens is 247 g/mol. The van der Waals surface area contributed by atoms with Crippen LogP contribution >= 0.6 is 0 Å². The molecule has 0 bridgehead atoms. The van der Waals surface area contributed by atoms with Crippen LogP contribution in [0.3, 0.4) is 0 Å². The van der Waals surface area contributed by atoms with E-state index < -0.39 is 11.6 Å². The first kappa shape index (κ1) is 11.8. The molecule has 0 radical (unpaired) electrons. The van der Waals surface area contributed by atoms with Crippen LogP contribution in [0.2, 0.25) is 0 Å². The number of nitrogens with two attached hydrogens (primary N) is 1. The fourth-order valence-corrected chi connectivity index (χ4v) is 2.40. The first-order valence-electron chi connectivity index (χ1n) is 6.04. The molecule has 0 aliphatic carbocycles. The summed E-state index contributed by atoms with van der Waals surface area (Å²) < 4.78 is 14.2. The third-order valence-electron chi connectivity index (χ3n) is 3.48. The van der Waals surface area contributed by atoms with Crippen LogP contribution in [0, 0.1) is 0 Å². The molecule has 6 heteroatoms. The topological polar surface area (TPSA) is 72.1 Å². The van der Waals surface area contributed by atoms with Gasteiger partial charge in [-0.1, -0.05) is 12.1 Å². The number of alkyl halides is 1. The van der Waals surface area contributed by atoms with Crippen molar-refractivity contribution in [2.75, 3.05) is 18.0 Å². The van der Waals surface area contributed by atoms with Crippen molar-refractivity contribution in [1.29, 1.82) is 0 Å². The van der Waals surface area contributed by atoms with Crippen LogP contribution in [0.4, 0.5) is 10.2 Å². The van der Waals surface area contributed by atoms with Crippen molar-refractivity contribution in [2.45, 2.75) is 12.1 Å². The first-order chi connectivity index (χ1) is 9.10. The molecule has 19 heavy (non-hydrogen) atoms. The molecule has 2 heterocycles. The maximum absolute atomic E-state index is 14.2. The second-order valence-electron chi connectivity index (χ2n) is 4.72. The fourth-order valence-electron chi connectivity index (χ4n) is 2.40. The van der Waals surface area contributed by atoms with Crippen molar-refractivity contribution < 1.29 is 9.18 Å². The minimum atomic E-state index is -1.97. The number of primary amides is 1. The molecule has 1 atom stereocenters. The van der Waals surface area contributed by atoms with Gasteiger partial charge in [-0.3, -0.25) is 4.79 Å². The van der Waals surface area contributed by atoms with Gasteiger partial charge in [-0.2, -0.15) is 0 Å². The summed E-state index contributed by atoms with van der Waals surface area (Å²) in [6.07, 6.45) is 1.54. The van der Waals surface area contributed by atoms with Crippen molar-refractivity contribution in [1.82, 2.24) is 9.97 Å². The van der Waals surface area contributed by atoms with Gasteiger partial charge >= 0.3 is 0 Å². The number of nitrogens with zero attached hydrogens (tertiary/aromatic N) is 3. The average Bonchev–Trinajstić information content (AvgIpc) is 2.82. The molecule has 2 aromatic rings. The Morgan fingerprint density at radius 1 is 1.37 bits per heavy atom. The number of fused-ring (bicyclic) bond motifs is 1. The molecule has 0 saturated carbocycles. The van der Waals surface area contributed by atoms with Crippen LogP contribution in [-0.4, -0.2) is 34.6 Å². The number of amides is 1. The third kappa shape index (κ3) is 1.89. The lowest BCUT2D eigenvalue weighted by Gasteiger charge is -2.20. The smallest absolute Gasteiger partial charge is 0.257 e. The molecule has 1 amide bonds. The highest BCUT2D eigenvalue weighted by molar-refractivity contribution is 5.91. The number of hydrogen-bond acceptors (Lipinski definition) is 4. The molecule has 1 saturated heterocycles. The second kappa shape index (κ2) is 4.15. The van der Waals surface area contributed by atoms with E-state index in [4.69, 9.17) is 5.73 Å². The Morgan fingerprint density at radius 2 is 2.16 bits per heavy atom. The SMILES string of the molecule is NC(=O)C1(F)CCN(c2ncnc3ccccc23)C1. The molecule has 2 N–H and O–H groups in total. The lowest BCUT2D eigenvalue weighted by Crippen LogP contribution is -2.42. The summed E-state index contributed by atoms with van der Waals surface area (Å²) in [5.41, 5.74) is 3.94. The number of benzene rings is 1. The Kier molecular flexibility index (Phi) is 2.58. The Bertz CT molecular complexity index is 642. The summed E-state index contributed by atoms with van der Waals surface area (Å²) in [6.45, 7) is 0.365. The van der Waals surface area contributed by atoms with Crippen molar-refractivity contribution >= 4 is 22.6 Å². The molecule has 1 aliphatic heterocycles. The van der Waals surface area contributed by atoms with Gasteiger partial charge in [-0.25, -0.2) is 14.4 Å². The Labute approximate surface area is 109 Å². The molecular formula is C13H13FN4O. The Balaban J connectivity index is 2.01. The summed E-state index contributed by atoms with van der Waals surface area (Å²) in [5.74, 6) is -0.264.